The van der Waals surface area contributed by atoms with Gasteiger partial charge in [-0.2, -0.15) is 13.2 Å². The molecule has 0 aliphatic heterocycles. The van der Waals surface area contributed by atoms with Crippen molar-refractivity contribution in [2.45, 2.75) is 13.1 Å². The van der Waals surface area contributed by atoms with Crippen molar-refractivity contribution in [1.82, 2.24) is 4.90 Å². The van der Waals surface area contributed by atoms with Crippen molar-refractivity contribution in [3.63, 3.8) is 0 Å². The molecule has 1 aromatic carbocycles. The Hall–Kier alpha value is -1.70. The van der Waals surface area contributed by atoms with E-state index in [2.05, 4.69) is 22.5 Å². The van der Waals surface area contributed by atoms with Crippen LogP contribution in [-0.4, -0.2) is 43.8 Å². The minimum atomic E-state index is -4.49. The molecule has 0 saturated heterocycles. The van der Waals surface area contributed by atoms with E-state index in [9.17, 15) is 18.0 Å². The van der Waals surface area contributed by atoms with Gasteiger partial charge in [0.15, 0.2) is 11.5 Å². The molecule has 0 aliphatic carbocycles. The lowest BCUT2D eigenvalue weighted by Crippen LogP contribution is -2.39. The summed E-state index contributed by atoms with van der Waals surface area (Å²) >= 11 is 3.24. The lowest BCUT2D eigenvalue weighted by molar-refractivity contribution is -0.139. The molecular formula is C15H17BrF3NO3. The zero-order valence-electron chi connectivity index (χ0n) is 12.7. The van der Waals surface area contributed by atoms with Gasteiger partial charge in [0.2, 0.25) is 0 Å². The van der Waals surface area contributed by atoms with E-state index in [-0.39, 0.29) is 17.9 Å². The number of hydrogen-bond donors (Lipinski definition) is 0. The summed E-state index contributed by atoms with van der Waals surface area (Å²) in [5.41, 5.74) is 0.0586. The number of nitrogens with zero attached hydrogens (tertiary/aromatic N) is 1. The summed E-state index contributed by atoms with van der Waals surface area (Å²) in [5.74, 6) is -0.128. The molecule has 0 aromatic heterocycles. The van der Waals surface area contributed by atoms with Crippen LogP contribution in [0, 0.1) is 0 Å². The van der Waals surface area contributed by atoms with E-state index in [1.165, 1.54) is 25.3 Å². The molecule has 0 unspecified atom stereocenters. The molecule has 0 N–H and O–H groups in total. The highest BCUT2D eigenvalue weighted by molar-refractivity contribution is 9.10. The van der Waals surface area contributed by atoms with Gasteiger partial charge in [0.05, 0.1) is 18.2 Å². The standard InChI is InChI=1S/C15H17BrF3NO3/c1-4-6-20(9-15(17,18)19)14(21)10-7-11(16)13(23-5-2)12(8-10)22-3/h4,7-8H,1,5-6,9H2,2-3H3. The third kappa shape index (κ3) is 5.46. The van der Waals surface area contributed by atoms with Crippen molar-refractivity contribution in [3.8, 4) is 11.5 Å². The van der Waals surface area contributed by atoms with E-state index in [0.717, 1.165) is 0 Å². The number of methoxy groups -OCH3 is 1. The molecule has 23 heavy (non-hydrogen) atoms. The predicted octanol–water partition coefficient (Wildman–Crippen LogP) is 4.05. The van der Waals surface area contributed by atoms with E-state index >= 15 is 0 Å². The summed E-state index contributed by atoms with van der Waals surface area (Å²) in [6, 6.07) is 2.76. The van der Waals surface area contributed by atoms with Crippen molar-refractivity contribution in [2.75, 3.05) is 26.8 Å². The normalized spacial score (nSPS) is 11.0. The van der Waals surface area contributed by atoms with E-state index in [1.807, 2.05) is 0 Å². The zero-order valence-corrected chi connectivity index (χ0v) is 14.3. The van der Waals surface area contributed by atoms with Gasteiger partial charge in [-0.3, -0.25) is 4.79 Å². The van der Waals surface area contributed by atoms with Crippen LogP contribution < -0.4 is 9.47 Å². The second-order valence-electron chi connectivity index (χ2n) is 4.51. The number of carbonyl (C=O) groups excluding carboxylic acids is 1. The number of hydrogen-bond acceptors (Lipinski definition) is 3. The minimum Gasteiger partial charge on any atom is -0.493 e. The molecule has 1 rings (SSSR count). The molecule has 128 valence electrons. The molecule has 1 aromatic rings. The minimum absolute atomic E-state index is 0.0586. The van der Waals surface area contributed by atoms with Crippen LogP contribution in [0.1, 0.15) is 17.3 Å². The Morgan fingerprint density at radius 1 is 1.43 bits per heavy atom. The van der Waals surface area contributed by atoms with Crippen LogP contribution in [0.25, 0.3) is 0 Å². The number of alkyl halides is 3. The SMILES string of the molecule is C=CCN(CC(F)(F)F)C(=O)c1cc(Br)c(OCC)c(OC)c1. The summed E-state index contributed by atoms with van der Waals surface area (Å²) in [7, 11) is 1.38. The molecule has 0 saturated carbocycles. The third-order valence-corrected chi connectivity index (χ3v) is 3.36. The molecule has 0 radical (unpaired) electrons. The summed E-state index contributed by atoms with van der Waals surface area (Å²) in [5, 5.41) is 0. The smallest absolute Gasteiger partial charge is 0.406 e. The van der Waals surface area contributed by atoms with Crippen molar-refractivity contribution in [2.24, 2.45) is 0 Å². The topological polar surface area (TPSA) is 38.8 Å². The molecule has 1 amide bonds. The number of benzene rings is 1. The number of halogens is 4. The maximum absolute atomic E-state index is 12.6. The van der Waals surface area contributed by atoms with Gasteiger partial charge >= 0.3 is 6.18 Å². The highest BCUT2D eigenvalue weighted by atomic mass is 79.9. The quantitative estimate of drug-likeness (QED) is 0.653. The number of carbonyl (C=O) groups is 1. The first-order chi connectivity index (χ1) is 10.7. The average Bonchev–Trinajstić information content (AvgIpc) is 2.46. The number of ether oxygens (including phenoxy) is 2. The maximum Gasteiger partial charge on any atom is 0.406 e. The van der Waals surface area contributed by atoms with Crippen molar-refractivity contribution < 1.29 is 27.4 Å². The summed E-state index contributed by atoms with van der Waals surface area (Å²) in [6.45, 7) is 3.96. The second-order valence-corrected chi connectivity index (χ2v) is 5.37. The Labute approximate surface area is 141 Å². The van der Waals surface area contributed by atoms with Crippen LogP contribution >= 0.6 is 15.9 Å². The van der Waals surface area contributed by atoms with E-state index in [0.29, 0.717) is 21.7 Å². The van der Waals surface area contributed by atoms with Gasteiger partial charge in [0, 0.05) is 12.1 Å². The van der Waals surface area contributed by atoms with Crippen LogP contribution in [0.2, 0.25) is 0 Å². The van der Waals surface area contributed by atoms with Crippen LogP contribution in [0.3, 0.4) is 0 Å². The first-order valence-corrected chi connectivity index (χ1v) is 7.50. The number of amides is 1. The van der Waals surface area contributed by atoms with Crippen molar-refractivity contribution in [1.29, 1.82) is 0 Å². The Morgan fingerprint density at radius 3 is 2.57 bits per heavy atom. The molecule has 8 heteroatoms. The van der Waals surface area contributed by atoms with Gasteiger partial charge < -0.3 is 14.4 Å². The van der Waals surface area contributed by atoms with Crippen LogP contribution in [0.15, 0.2) is 29.3 Å². The molecule has 0 bridgehead atoms. The molecule has 4 nitrogen and oxygen atoms in total. The monoisotopic (exact) mass is 395 g/mol. The first kappa shape index (κ1) is 19.3. The van der Waals surface area contributed by atoms with E-state index in [4.69, 9.17) is 9.47 Å². The lowest BCUT2D eigenvalue weighted by Gasteiger charge is -2.23. The zero-order chi connectivity index (χ0) is 17.6. The average molecular weight is 396 g/mol. The molecule has 0 heterocycles. The van der Waals surface area contributed by atoms with Gasteiger partial charge in [-0.1, -0.05) is 6.08 Å². The van der Waals surface area contributed by atoms with Crippen LogP contribution in [0.4, 0.5) is 13.2 Å². The largest absolute Gasteiger partial charge is 0.493 e. The van der Waals surface area contributed by atoms with Crippen LogP contribution in [0.5, 0.6) is 11.5 Å². The highest BCUT2D eigenvalue weighted by Gasteiger charge is 2.33. The van der Waals surface area contributed by atoms with Gasteiger partial charge in [0.25, 0.3) is 5.91 Å². The van der Waals surface area contributed by atoms with Gasteiger partial charge in [-0.05, 0) is 35.0 Å². The van der Waals surface area contributed by atoms with Gasteiger partial charge in [-0.15, -0.1) is 6.58 Å². The van der Waals surface area contributed by atoms with Crippen molar-refractivity contribution in [3.05, 3.63) is 34.8 Å². The fourth-order valence-corrected chi connectivity index (χ4v) is 2.46. The lowest BCUT2D eigenvalue weighted by atomic mass is 10.1. The van der Waals surface area contributed by atoms with Gasteiger partial charge in [0.1, 0.15) is 6.54 Å². The Kier molecular flexibility index (Phi) is 6.93. The third-order valence-electron chi connectivity index (χ3n) is 2.77. The predicted molar refractivity (Wildman–Crippen MR) is 84.0 cm³/mol. The fraction of sp³-hybridized carbons (Fsp3) is 0.400. The first-order valence-electron chi connectivity index (χ1n) is 6.70. The summed E-state index contributed by atoms with van der Waals surface area (Å²) in [6.07, 6.45) is -3.25. The number of rotatable bonds is 7. The molecule has 0 spiro atoms. The molecular weight excluding hydrogens is 379 g/mol. The van der Waals surface area contributed by atoms with Crippen molar-refractivity contribution >= 4 is 21.8 Å². The second kappa shape index (κ2) is 8.24. The molecule has 0 atom stereocenters. The van der Waals surface area contributed by atoms with E-state index in [1.54, 1.807) is 6.92 Å². The van der Waals surface area contributed by atoms with Crippen LogP contribution in [-0.2, 0) is 0 Å². The highest BCUT2D eigenvalue weighted by Crippen LogP contribution is 2.37. The molecule has 0 aliphatic rings. The van der Waals surface area contributed by atoms with Gasteiger partial charge in [-0.25, -0.2) is 0 Å². The Morgan fingerprint density at radius 2 is 2.09 bits per heavy atom. The fourth-order valence-electron chi connectivity index (χ4n) is 1.90. The Bertz CT molecular complexity index is 576. The Balaban J connectivity index is 3.19. The maximum atomic E-state index is 12.6. The molecule has 0 fully saturated rings. The summed E-state index contributed by atoms with van der Waals surface area (Å²) < 4.78 is 48.8. The van der Waals surface area contributed by atoms with E-state index < -0.39 is 18.6 Å². The summed E-state index contributed by atoms with van der Waals surface area (Å²) in [4.78, 5) is 13.0.